The molecule has 6 heteroatoms. The third-order valence-electron chi connectivity index (χ3n) is 10.5. The molecule has 31 heavy (non-hydrogen) atoms. The molecule has 4 aliphatic carbocycles. The Hall–Kier alpha value is -0.690. The molecule has 0 N–H and O–H groups in total. The molecule has 6 fully saturated rings. The van der Waals surface area contributed by atoms with Crippen molar-refractivity contribution < 1.29 is 28.5 Å². The van der Waals surface area contributed by atoms with Gasteiger partial charge in [0.25, 0.3) is 0 Å². The number of carbonyl (C=O) groups is 1. The van der Waals surface area contributed by atoms with Gasteiger partial charge in [-0.05, 0) is 61.7 Å². The first-order valence-corrected chi connectivity index (χ1v) is 12.6. The van der Waals surface area contributed by atoms with Crippen molar-refractivity contribution in [1.82, 2.24) is 0 Å². The largest absolute Gasteiger partial charge is 0.463 e. The smallest absolute Gasteiger partial charge is 0.302 e. The van der Waals surface area contributed by atoms with Gasteiger partial charge in [0.05, 0.1) is 26.4 Å². The van der Waals surface area contributed by atoms with Crippen LogP contribution in [0.1, 0.15) is 72.1 Å². The Balaban J connectivity index is 1.36. The van der Waals surface area contributed by atoms with Crippen LogP contribution in [0, 0.1) is 34.5 Å². The van der Waals surface area contributed by atoms with E-state index in [4.69, 9.17) is 23.7 Å². The monoisotopic (exact) mass is 434 g/mol. The average molecular weight is 435 g/mol. The molecule has 7 atom stereocenters. The number of fused-ring (bicyclic) bond motifs is 7. The summed E-state index contributed by atoms with van der Waals surface area (Å²) in [7, 11) is 0. The SMILES string of the molecule is CC(=O)OC1CC[C@]2(C)C3CC[C@@]4(C)C(CCC45OCCO5)C3C3(C[C@H]2C1)OCCO3. The minimum atomic E-state index is -0.497. The highest BCUT2D eigenvalue weighted by atomic mass is 16.7. The molecule has 2 aliphatic heterocycles. The second-order valence-corrected chi connectivity index (χ2v) is 11.6. The lowest BCUT2D eigenvalue weighted by Crippen LogP contribution is -2.65. The molecule has 6 rings (SSSR count). The standard InChI is InChI=1S/C25H38O6/c1-16(26)31-18-4-7-22(2)17(14-18)15-24(27-10-11-28-24)21-19(22)5-8-23(3)20(21)6-9-25(23)29-12-13-30-25/h17-21H,4-15H2,1-3H3/t17-,18?,19?,20?,21?,22+,23+/m1/s1. The molecule has 0 aromatic heterocycles. The summed E-state index contributed by atoms with van der Waals surface area (Å²) >= 11 is 0. The van der Waals surface area contributed by atoms with Crippen LogP contribution in [0.3, 0.4) is 0 Å². The maximum Gasteiger partial charge on any atom is 0.302 e. The first-order chi connectivity index (χ1) is 14.8. The van der Waals surface area contributed by atoms with E-state index in [1.807, 2.05) is 0 Å². The van der Waals surface area contributed by atoms with Crippen LogP contribution < -0.4 is 0 Å². The molecule has 4 unspecified atom stereocenters. The van der Waals surface area contributed by atoms with Gasteiger partial charge in [0.15, 0.2) is 11.6 Å². The fourth-order valence-electron chi connectivity index (χ4n) is 9.17. The topological polar surface area (TPSA) is 63.2 Å². The van der Waals surface area contributed by atoms with E-state index < -0.39 is 11.6 Å². The maximum absolute atomic E-state index is 11.6. The van der Waals surface area contributed by atoms with Gasteiger partial charge in [-0.1, -0.05) is 13.8 Å². The van der Waals surface area contributed by atoms with Crippen LogP contribution in [-0.4, -0.2) is 50.1 Å². The zero-order valence-corrected chi connectivity index (χ0v) is 19.3. The normalized spacial score (nSPS) is 49.6. The third kappa shape index (κ3) is 2.74. The van der Waals surface area contributed by atoms with Crippen molar-refractivity contribution in [3.05, 3.63) is 0 Å². The molecule has 0 aromatic rings. The lowest BCUT2D eigenvalue weighted by Gasteiger charge is -2.65. The highest BCUT2D eigenvalue weighted by Crippen LogP contribution is 2.72. The number of hydrogen-bond acceptors (Lipinski definition) is 6. The molecule has 6 nitrogen and oxygen atoms in total. The van der Waals surface area contributed by atoms with Crippen LogP contribution >= 0.6 is 0 Å². The average Bonchev–Trinajstić information content (AvgIpc) is 3.45. The second-order valence-electron chi connectivity index (χ2n) is 11.6. The summed E-state index contributed by atoms with van der Waals surface area (Å²) in [5.74, 6) is 0.836. The van der Waals surface area contributed by atoms with E-state index in [1.165, 1.54) is 13.3 Å². The third-order valence-corrected chi connectivity index (χ3v) is 10.5. The van der Waals surface area contributed by atoms with Crippen molar-refractivity contribution >= 4 is 5.97 Å². The van der Waals surface area contributed by atoms with Gasteiger partial charge in [0.2, 0.25) is 0 Å². The minimum Gasteiger partial charge on any atom is -0.463 e. The summed E-state index contributed by atoms with van der Waals surface area (Å²) < 4.78 is 31.4. The van der Waals surface area contributed by atoms with Crippen LogP contribution in [0.25, 0.3) is 0 Å². The van der Waals surface area contributed by atoms with Crippen molar-refractivity contribution in [2.75, 3.05) is 26.4 Å². The molecule has 6 aliphatic rings. The van der Waals surface area contributed by atoms with Gasteiger partial charge in [0, 0.05) is 31.1 Å². The Kier molecular flexibility index (Phi) is 4.65. The molecular weight excluding hydrogens is 396 g/mol. The molecule has 2 saturated heterocycles. The summed E-state index contributed by atoms with van der Waals surface area (Å²) in [5, 5.41) is 0. The van der Waals surface area contributed by atoms with E-state index in [-0.39, 0.29) is 22.9 Å². The van der Waals surface area contributed by atoms with Crippen LogP contribution in [-0.2, 0) is 28.5 Å². The Morgan fingerprint density at radius 1 is 0.871 bits per heavy atom. The van der Waals surface area contributed by atoms with Crippen LogP contribution in [0.2, 0.25) is 0 Å². The van der Waals surface area contributed by atoms with Gasteiger partial charge in [-0.3, -0.25) is 4.79 Å². The predicted molar refractivity (Wildman–Crippen MR) is 112 cm³/mol. The molecule has 2 spiro atoms. The molecule has 4 saturated carbocycles. The molecule has 0 bridgehead atoms. The zero-order valence-electron chi connectivity index (χ0n) is 19.3. The summed E-state index contributed by atoms with van der Waals surface area (Å²) in [6.45, 7) is 9.25. The number of esters is 1. The second kappa shape index (κ2) is 6.91. The molecule has 0 aromatic carbocycles. The Bertz CT molecular complexity index is 740. The minimum absolute atomic E-state index is 0.0190. The van der Waals surface area contributed by atoms with E-state index in [1.54, 1.807) is 0 Å². The number of rotatable bonds is 1. The van der Waals surface area contributed by atoms with Crippen molar-refractivity contribution in [3.63, 3.8) is 0 Å². The molecule has 2 heterocycles. The van der Waals surface area contributed by atoms with E-state index in [2.05, 4.69) is 13.8 Å². The van der Waals surface area contributed by atoms with Gasteiger partial charge < -0.3 is 23.7 Å². The maximum atomic E-state index is 11.6. The summed E-state index contributed by atoms with van der Waals surface area (Å²) in [5.41, 5.74) is 0.265. The molecule has 174 valence electrons. The number of carbonyl (C=O) groups excluding carboxylic acids is 1. The Morgan fingerprint density at radius 2 is 1.55 bits per heavy atom. The Morgan fingerprint density at radius 3 is 2.26 bits per heavy atom. The lowest BCUT2D eigenvalue weighted by molar-refractivity contribution is -0.317. The number of hydrogen-bond donors (Lipinski definition) is 0. The van der Waals surface area contributed by atoms with E-state index in [0.29, 0.717) is 50.1 Å². The van der Waals surface area contributed by atoms with Crippen LogP contribution in [0.15, 0.2) is 0 Å². The molecule has 0 radical (unpaired) electrons. The number of ether oxygens (including phenoxy) is 5. The van der Waals surface area contributed by atoms with Gasteiger partial charge in [-0.2, -0.15) is 0 Å². The Labute approximate surface area is 185 Å². The van der Waals surface area contributed by atoms with Crippen molar-refractivity contribution in [1.29, 1.82) is 0 Å². The van der Waals surface area contributed by atoms with Crippen molar-refractivity contribution in [2.45, 2.75) is 89.8 Å². The first-order valence-electron chi connectivity index (χ1n) is 12.6. The summed E-state index contributed by atoms with van der Waals surface area (Å²) in [4.78, 5) is 11.6. The van der Waals surface area contributed by atoms with Crippen molar-refractivity contribution in [3.8, 4) is 0 Å². The van der Waals surface area contributed by atoms with E-state index >= 15 is 0 Å². The molecular formula is C25H38O6. The fraction of sp³-hybridized carbons (Fsp3) is 0.960. The highest BCUT2D eigenvalue weighted by Gasteiger charge is 2.72. The van der Waals surface area contributed by atoms with E-state index in [0.717, 1.165) is 44.9 Å². The lowest BCUT2D eigenvalue weighted by atomic mass is 9.43. The summed E-state index contributed by atoms with van der Waals surface area (Å²) in [6.07, 6.45) is 8.42. The molecule has 0 amide bonds. The van der Waals surface area contributed by atoms with Gasteiger partial charge in [-0.25, -0.2) is 0 Å². The quantitative estimate of drug-likeness (QED) is 0.580. The fourth-order valence-corrected chi connectivity index (χ4v) is 9.17. The predicted octanol–water partition coefficient (Wildman–Crippen LogP) is 4.06. The first kappa shape index (κ1) is 20.9. The zero-order chi connectivity index (χ0) is 21.5. The van der Waals surface area contributed by atoms with Crippen LogP contribution in [0.4, 0.5) is 0 Å². The van der Waals surface area contributed by atoms with Gasteiger partial charge >= 0.3 is 5.97 Å². The van der Waals surface area contributed by atoms with E-state index in [9.17, 15) is 4.79 Å². The highest BCUT2D eigenvalue weighted by molar-refractivity contribution is 5.66. The summed E-state index contributed by atoms with van der Waals surface area (Å²) in [6, 6.07) is 0. The van der Waals surface area contributed by atoms with Crippen LogP contribution in [0.5, 0.6) is 0 Å². The van der Waals surface area contributed by atoms with Gasteiger partial charge in [0.1, 0.15) is 6.10 Å². The van der Waals surface area contributed by atoms with Gasteiger partial charge in [-0.15, -0.1) is 0 Å². The van der Waals surface area contributed by atoms with Crippen molar-refractivity contribution in [2.24, 2.45) is 34.5 Å².